The minimum atomic E-state index is -0.167. The summed E-state index contributed by atoms with van der Waals surface area (Å²) in [5.74, 6) is 0.497. The standard InChI is InChI=1S/C16H21N3O3/c1-3-19-14(10-12(2)18-19)16(21)17-11-13-6-4-5-7-15(13)22-9-8-20/h4-7,10,20H,3,8-9,11H2,1-2H3,(H,17,21). The van der Waals surface area contributed by atoms with E-state index >= 15 is 0 Å². The molecule has 6 nitrogen and oxygen atoms in total. The highest BCUT2D eigenvalue weighted by Crippen LogP contribution is 2.17. The molecular weight excluding hydrogens is 282 g/mol. The monoisotopic (exact) mass is 303 g/mol. The maximum absolute atomic E-state index is 12.3. The lowest BCUT2D eigenvalue weighted by Crippen LogP contribution is -2.26. The molecule has 2 N–H and O–H groups in total. The summed E-state index contributed by atoms with van der Waals surface area (Å²) in [6.45, 7) is 4.99. The number of rotatable bonds is 7. The molecule has 0 fully saturated rings. The number of aliphatic hydroxyl groups excluding tert-OH is 1. The van der Waals surface area contributed by atoms with Gasteiger partial charge in [0.15, 0.2) is 0 Å². The van der Waals surface area contributed by atoms with Crippen molar-refractivity contribution in [1.82, 2.24) is 15.1 Å². The first-order valence-corrected chi connectivity index (χ1v) is 7.30. The summed E-state index contributed by atoms with van der Waals surface area (Å²) < 4.78 is 7.13. The average molecular weight is 303 g/mol. The van der Waals surface area contributed by atoms with Crippen LogP contribution in [-0.4, -0.2) is 34.0 Å². The smallest absolute Gasteiger partial charge is 0.269 e. The van der Waals surface area contributed by atoms with Crippen LogP contribution in [0.1, 0.15) is 28.7 Å². The molecule has 0 aliphatic rings. The molecule has 1 aromatic heterocycles. The van der Waals surface area contributed by atoms with Crippen LogP contribution in [0.4, 0.5) is 0 Å². The Labute approximate surface area is 129 Å². The van der Waals surface area contributed by atoms with E-state index in [9.17, 15) is 4.79 Å². The van der Waals surface area contributed by atoms with Gasteiger partial charge in [0.2, 0.25) is 0 Å². The molecule has 2 rings (SSSR count). The number of hydrogen-bond acceptors (Lipinski definition) is 4. The lowest BCUT2D eigenvalue weighted by Gasteiger charge is -2.11. The van der Waals surface area contributed by atoms with Crippen LogP contribution in [0.25, 0.3) is 0 Å². The molecule has 0 atom stereocenters. The van der Waals surface area contributed by atoms with Crippen molar-refractivity contribution in [3.63, 3.8) is 0 Å². The van der Waals surface area contributed by atoms with E-state index in [0.717, 1.165) is 11.3 Å². The molecule has 0 saturated carbocycles. The molecule has 1 aromatic carbocycles. The van der Waals surface area contributed by atoms with Gasteiger partial charge in [-0.25, -0.2) is 0 Å². The van der Waals surface area contributed by atoms with Crippen molar-refractivity contribution >= 4 is 5.91 Å². The average Bonchev–Trinajstić information content (AvgIpc) is 2.92. The van der Waals surface area contributed by atoms with Crippen molar-refractivity contribution in [2.45, 2.75) is 26.9 Å². The molecule has 0 unspecified atom stereocenters. The third-order valence-electron chi connectivity index (χ3n) is 3.20. The number of ether oxygens (including phenoxy) is 1. The molecule has 22 heavy (non-hydrogen) atoms. The predicted molar refractivity (Wildman–Crippen MR) is 82.8 cm³/mol. The summed E-state index contributed by atoms with van der Waals surface area (Å²) >= 11 is 0. The number of benzene rings is 1. The molecule has 0 bridgehead atoms. The number of aliphatic hydroxyl groups is 1. The van der Waals surface area contributed by atoms with Crippen molar-refractivity contribution in [3.8, 4) is 5.75 Å². The van der Waals surface area contributed by atoms with Gasteiger partial charge in [-0.15, -0.1) is 0 Å². The van der Waals surface area contributed by atoms with Gasteiger partial charge in [0, 0.05) is 18.7 Å². The minimum absolute atomic E-state index is 0.0460. The van der Waals surface area contributed by atoms with E-state index in [1.165, 1.54) is 0 Å². The van der Waals surface area contributed by atoms with E-state index in [2.05, 4.69) is 10.4 Å². The molecule has 0 aliphatic carbocycles. The number of amides is 1. The summed E-state index contributed by atoms with van der Waals surface area (Å²) in [6, 6.07) is 9.21. The Kier molecular flexibility index (Phi) is 5.55. The number of nitrogens with one attached hydrogen (secondary N) is 1. The molecule has 118 valence electrons. The van der Waals surface area contributed by atoms with Crippen LogP contribution >= 0.6 is 0 Å². The third-order valence-corrected chi connectivity index (χ3v) is 3.20. The minimum Gasteiger partial charge on any atom is -0.491 e. The van der Waals surface area contributed by atoms with E-state index in [-0.39, 0.29) is 19.1 Å². The van der Waals surface area contributed by atoms with Gasteiger partial charge in [0.25, 0.3) is 5.91 Å². The second kappa shape index (κ2) is 7.61. The van der Waals surface area contributed by atoms with Gasteiger partial charge in [0.05, 0.1) is 12.3 Å². The summed E-state index contributed by atoms with van der Waals surface area (Å²) in [4.78, 5) is 12.3. The van der Waals surface area contributed by atoms with Gasteiger partial charge in [-0.05, 0) is 26.0 Å². The SMILES string of the molecule is CCn1nc(C)cc1C(=O)NCc1ccccc1OCCO. The first-order valence-electron chi connectivity index (χ1n) is 7.30. The van der Waals surface area contributed by atoms with E-state index in [1.54, 1.807) is 10.7 Å². The van der Waals surface area contributed by atoms with Crippen molar-refractivity contribution in [3.05, 3.63) is 47.3 Å². The molecule has 0 spiro atoms. The number of aromatic nitrogens is 2. The van der Waals surface area contributed by atoms with Crippen LogP contribution in [0.2, 0.25) is 0 Å². The fraction of sp³-hybridized carbons (Fsp3) is 0.375. The number of carbonyl (C=O) groups is 1. The number of nitrogens with zero attached hydrogens (tertiary/aromatic N) is 2. The van der Waals surface area contributed by atoms with E-state index in [0.29, 0.717) is 24.5 Å². The third kappa shape index (κ3) is 3.85. The first kappa shape index (κ1) is 16.0. The highest BCUT2D eigenvalue weighted by atomic mass is 16.5. The fourth-order valence-corrected chi connectivity index (χ4v) is 2.18. The number of aryl methyl sites for hydroxylation is 2. The zero-order valence-electron chi connectivity index (χ0n) is 12.9. The second-order valence-corrected chi connectivity index (χ2v) is 4.85. The molecule has 0 saturated heterocycles. The lowest BCUT2D eigenvalue weighted by molar-refractivity contribution is 0.0939. The van der Waals surface area contributed by atoms with Crippen molar-refractivity contribution in [1.29, 1.82) is 0 Å². The zero-order valence-corrected chi connectivity index (χ0v) is 12.9. The maximum Gasteiger partial charge on any atom is 0.269 e. The summed E-state index contributed by atoms with van der Waals surface area (Å²) in [5.41, 5.74) is 2.23. The molecular formula is C16H21N3O3. The Bertz CT molecular complexity index is 637. The van der Waals surface area contributed by atoms with Crippen molar-refractivity contribution in [2.24, 2.45) is 0 Å². The normalized spacial score (nSPS) is 10.5. The first-order chi connectivity index (χ1) is 10.7. The Balaban J connectivity index is 2.05. The molecule has 1 amide bonds. The van der Waals surface area contributed by atoms with E-state index in [1.807, 2.05) is 38.1 Å². The van der Waals surface area contributed by atoms with Crippen LogP contribution in [0, 0.1) is 6.92 Å². The molecule has 6 heteroatoms. The lowest BCUT2D eigenvalue weighted by atomic mass is 10.2. The molecule has 2 aromatic rings. The summed E-state index contributed by atoms with van der Waals surface area (Å²) in [7, 11) is 0. The van der Waals surface area contributed by atoms with Crippen LogP contribution < -0.4 is 10.1 Å². The quantitative estimate of drug-likeness (QED) is 0.813. The number of carbonyl (C=O) groups excluding carboxylic acids is 1. The van der Waals surface area contributed by atoms with Crippen LogP contribution in [0.3, 0.4) is 0 Å². The van der Waals surface area contributed by atoms with Gasteiger partial charge < -0.3 is 15.2 Å². The van der Waals surface area contributed by atoms with E-state index < -0.39 is 0 Å². The Hall–Kier alpha value is -2.34. The Morgan fingerprint density at radius 1 is 1.41 bits per heavy atom. The Morgan fingerprint density at radius 3 is 2.91 bits per heavy atom. The number of para-hydroxylation sites is 1. The predicted octanol–water partition coefficient (Wildman–Crippen LogP) is 1.51. The number of hydrogen-bond donors (Lipinski definition) is 2. The van der Waals surface area contributed by atoms with Gasteiger partial charge >= 0.3 is 0 Å². The summed E-state index contributed by atoms with van der Waals surface area (Å²) in [6.07, 6.45) is 0. The topological polar surface area (TPSA) is 76.4 Å². The second-order valence-electron chi connectivity index (χ2n) is 4.85. The van der Waals surface area contributed by atoms with Gasteiger partial charge in [-0.2, -0.15) is 5.10 Å². The largest absolute Gasteiger partial charge is 0.491 e. The van der Waals surface area contributed by atoms with Gasteiger partial charge in [0.1, 0.15) is 18.1 Å². The van der Waals surface area contributed by atoms with Crippen LogP contribution in [-0.2, 0) is 13.1 Å². The molecule has 1 heterocycles. The van der Waals surface area contributed by atoms with Crippen LogP contribution in [0.5, 0.6) is 5.75 Å². The maximum atomic E-state index is 12.3. The highest BCUT2D eigenvalue weighted by molar-refractivity contribution is 5.92. The highest BCUT2D eigenvalue weighted by Gasteiger charge is 2.13. The fourth-order valence-electron chi connectivity index (χ4n) is 2.18. The Morgan fingerprint density at radius 2 is 2.18 bits per heavy atom. The van der Waals surface area contributed by atoms with Crippen molar-refractivity contribution < 1.29 is 14.6 Å². The molecule has 0 aliphatic heterocycles. The molecule has 0 radical (unpaired) electrons. The van der Waals surface area contributed by atoms with Gasteiger partial charge in [-0.3, -0.25) is 9.48 Å². The van der Waals surface area contributed by atoms with Crippen LogP contribution in [0.15, 0.2) is 30.3 Å². The van der Waals surface area contributed by atoms with E-state index in [4.69, 9.17) is 9.84 Å². The summed E-state index contributed by atoms with van der Waals surface area (Å²) in [5, 5.41) is 16.0. The zero-order chi connectivity index (χ0) is 15.9. The van der Waals surface area contributed by atoms with Gasteiger partial charge in [-0.1, -0.05) is 18.2 Å². The van der Waals surface area contributed by atoms with Crippen molar-refractivity contribution in [2.75, 3.05) is 13.2 Å².